The van der Waals surface area contributed by atoms with Gasteiger partial charge in [-0.1, -0.05) is 11.6 Å². The molecule has 1 atom stereocenters. The second-order valence-corrected chi connectivity index (χ2v) is 3.78. The minimum absolute atomic E-state index is 0.218. The third-order valence-corrected chi connectivity index (χ3v) is 2.39. The molecule has 0 radical (unpaired) electrons. The number of aromatic nitrogens is 1. The standard InChI is InChI=1S/C7H9ClN2O2S/c1-4(11)2-9-6(12)7-10-5(8)3-13-7/h3-4,11H,2H2,1H3,(H,9,12). The van der Waals surface area contributed by atoms with Crippen molar-refractivity contribution in [1.82, 2.24) is 10.3 Å². The van der Waals surface area contributed by atoms with E-state index in [1.165, 1.54) is 11.3 Å². The molecule has 0 spiro atoms. The van der Waals surface area contributed by atoms with Crippen molar-refractivity contribution in [3.05, 3.63) is 15.5 Å². The molecule has 1 aromatic heterocycles. The fraction of sp³-hybridized carbons (Fsp3) is 0.429. The first-order valence-corrected chi connectivity index (χ1v) is 4.92. The van der Waals surface area contributed by atoms with E-state index in [1.54, 1.807) is 12.3 Å². The molecule has 0 saturated heterocycles. The smallest absolute Gasteiger partial charge is 0.280 e. The number of carbonyl (C=O) groups is 1. The third kappa shape index (κ3) is 3.30. The van der Waals surface area contributed by atoms with Gasteiger partial charge in [0.2, 0.25) is 0 Å². The van der Waals surface area contributed by atoms with Crippen LogP contribution in [0.15, 0.2) is 5.38 Å². The Morgan fingerprint density at radius 1 is 1.92 bits per heavy atom. The number of nitrogens with one attached hydrogen (secondary N) is 1. The zero-order valence-electron chi connectivity index (χ0n) is 6.95. The van der Waals surface area contributed by atoms with Crippen LogP contribution in [0.1, 0.15) is 16.7 Å². The van der Waals surface area contributed by atoms with Gasteiger partial charge in [-0.15, -0.1) is 11.3 Å². The summed E-state index contributed by atoms with van der Waals surface area (Å²) < 4.78 is 0. The minimum Gasteiger partial charge on any atom is -0.392 e. The molecule has 0 saturated carbocycles. The largest absolute Gasteiger partial charge is 0.392 e. The van der Waals surface area contributed by atoms with E-state index in [4.69, 9.17) is 16.7 Å². The molecule has 0 bridgehead atoms. The Balaban J connectivity index is 2.49. The van der Waals surface area contributed by atoms with Crippen molar-refractivity contribution in [2.45, 2.75) is 13.0 Å². The van der Waals surface area contributed by atoms with Crippen LogP contribution in [0.4, 0.5) is 0 Å². The number of thiazole rings is 1. The monoisotopic (exact) mass is 220 g/mol. The van der Waals surface area contributed by atoms with Crippen molar-refractivity contribution < 1.29 is 9.90 Å². The SMILES string of the molecule is CC(O)CNC(=O)c1nc(Cl)cs1. The average Bonchev–Trinajstić information content (AvgIpc) is 2.47. The third-order valence-electron chi connectivity index (χ3n) is 1.23. The van der Waals surface area contributed by atoms with E-state index >= 15 is 0 Å². The predicted octanol–water partition coefficient (Wildman–Crippen LogP) is 0.907. The summed E-state index contributed by atoms with van der Waals surface area (Å²) in [5.74, 6) is -0.308. The maximum Gasteiger partial charge on any atom is 0.280 e. The maximum absolute atomic E-state index is 11.2. The van der Waals surface area contributed by atoms with Crippen molar-refractivity contribution in [2.75, 3.05) is 6.54 Å². The van der Waals surface area contributed by atoms with Crippen LogP contribution in [0, 0.1) is 0 Å². The summed E-state index contributed by atoms with van der Waals surface area (Å²) in [6.07, 6.45) is -0.556. The van der Waals surface area contributed by atoms with Crippen LogP contribution in [0.3, 0.4) is 0 Å². The van der Waals surface area contributed by atoms with E-state index in [1.807, 2.05) is 0 Å². The Kier molecular flexibility index (Phi) is 3.65. The van der Waals surface area contributed by atoms with E-state index in [2.05, 4.69) is 10.3 Å². The van der Waals surface area contributed by atoms with Gasteiger partial charge >= 0.3 is 0 Å². The Morgan fingerprint density at radius 3 is 3.08 bits per heavy atom. The highest BCUT2D eigenvalue weighted by molar-refractivity contribution is 7.12. The average molecular weight is 221 g/mol. The predicted molar refractivity (Wildman–Crippen MR) is 51.1 cm³/mol. The van der Waals surface area contributed by atoms with Crippen molar-refractivity contribution >= 4 is 28.8 Å². The van der Waals surface area contributed by atoms with Crippen LogP contribution < -0.4 is 5.32 Å². The number of hydrogen-bond acceptors (Lipinski definition) is 4. The quantitative estimate of drug-likeness (QED) is 0.796. The molecular weight excluding hydrogens is 212 g/mol. The number of hydrogen-bond donors (Lipinski definition) is 2. The molecule has 6 heteroatoms. The van der Waals surface area contributed by atoms with Crippen LogP contribution in [-0.2, 0) is 0 Å². The number of rotatable bonds is 3. The molecule has 1 aromatic rings. The van der Waals surface area contributed by atoms with Crippen LogP contribution in [-0.4, -0.2) is 28.6 Å². The van der Waals surface area contributed by atoms with Gasteiger partial charge in [0.25, 0.3) is 5.91 Å². The first kappa shape index (κ1) is 10.4. The maximum atomic E-state index is 11.2. The lowest BCUT2D eigenvalue weighted by molar-refractivity contribution is 0.0923. The molecule has 1 amide bonds. The lowest BCUT2D eigenvalue weighted by atomic mass is 10.4. The molecule has 0 aliphatic heterocycles. The van der Waals surface area contributed by atoms with E-state index in [0.29, 0.717) is 10.2 Å². The van der Waals surface area contributed by atoms with Gasteiger partial charge in [0, 0.05) is 11.9 Å². The van der Waals surface area contributed by atoms with Gasteiger partial charge in [-0.2, -0.15) is 0 Å². The van der Waals surface area contributed by atoms with Gasteiger partial charge < -0.3 is 10.4 Å². The summed E-state index contributed by atoms with van der Waals surface area (Å²) in [6.45, 7) is 1.81. The first-order valence-electron chi connectivity index (χ1n) is 3.67. The molecule has 4 nitrogen and oxygen atoms in total. The molecule has 0 aliphatic rings. The molecule has 13 heavy (non-hydrogen) atoms. The topological polar surface area (TPSA) is 62.2 Å². The normalized spacial score (nSPS) is 12.5. The number of aliphatic hydroxyl groups excluding tert-OH is 1. The highest BCUT2D eigenvalue weighted by atomic mass is 35.5. The summed E-state index contributed by atoms with van der Waals surface area (Å²) in [5.41, 5.74) is 0. The zero-order valence-corrected chi connectivity index (χ0v) is 8.52. The van der Waals surface area contributed by atoms with E-state index in [9.17, 15) is 4.79 Å². The van der Waals surface area contributed by atoms with Gasteiger partial charge in [0.1, 0.15) is 5.15 Å². The van der Waals surface area contributed by atoms with Crippen molar-refractivity contribution in [2.24, 2.45) is 0 Å². The second kappa shape index (κ2) is 4.55. The van der Waals surface area contributed by atoms with Gasteiger partial charge in [-0.25, -0.2) is 4.98 Å². The van der Waals surface area contributed by atoms with Crippen molar-refractivity contribution in [3.63, 3.8) is 0 Å². The van der Waals surface area contributed by atoms with Crippen molar-refractivity contribution in [1.29, 1.82) is 0 Å². The Morgan fingerprint density at radius 2 is 2.62 bits per heavy atom. The highest BCUT2D eigenvalue weighted by Gasteiger charge is 2.10. The van der Waals surface area contributed by atoms with Crippen LogP contribution in [0.25, 0.3) is 0 Å². The van der Waals surface area contributed by atoms with E-state index in [0.717, 1.165) is 0 Å². The van der Waals surface area contributed by atoms with Crippen LogP contribution in [0.2, 0.25) is 5.15 Å². The highest BCUT2D eigenvalue weighted by Crippen LogP contribution is 2.13. The second-order valence-electron chi connectivity index (χ2n) is 2.53. The number of amides is 1. The molecule has 0 aromatic carbocycles. The van der Waals surface area contributed by atoms with E-state index < -0.39 is 6.10 Å². The van der Waals surface area contributed by atoms with Crippen LogP contribution in [0.5, 0.6) is 0 Å². The Labute approximate surface area is 84.6 Å². The lowest BCUT2D eigenvalue weighted by Crippen LogP contribution is -2.30. The Hall–Kier alpha value is -0.650. The fourth-order valence-corrected chi connectivity index (χ4v) is 1.53. The number of aliphatic hydroxyl groups is 1. The summed E-state index contributed by atoms with van der Waals surface area (Å²) in [6, 6.07) is 0. The van der Waals surface area contributed by atoms with Gasteiger partial charge in [0.15, 0.2) is 5.01 Å². The molecule has 0 fully saturated rings. The first-order chi connectivity index (χ1) is 6.09. The molecule has 2 N–H and O–H groups in total. The molecule has 1 unspecified atom stereocenters. The molecule has 72 valence electrons. The Bertz CT molecular complexity index is 300. The molecule has 1 heterocycles. The lowest BCUT2D eigenvalue weighted by Gasteiger charge is -2.04. The van der Waals surface area contributed by atoms with Crippen molar-refractivity contribution in [3.8, 4) is 0 Å². The summed E-state index contributed by atoms with van der Waals surface area (Å²) in [5, 5.41) is 13.6. The van der Waals surface area contributed by atoms with Gasteiger partial charge in [0.05, 0.1) is 6.10 Å². The van der Waals surface area contributed by atoms with Gasteiger partial charge in [-0.05, 0) is 6.92 Å². The van der Waals surface area contributed by atoms with Crippen LogP contribution >= 0.6 is 22.9 Å². The fourth-order valence-electron chi connectivity index (χ4n) is 0.674. The zero-order chi connectivity index (χ0) is 9.84. The number of halogens is 1. The molecule has 0 aliphatic carbocycles. The van der Waals surface area contributed by atoms with Gasteiger partial charge in [-0.3, -0.25) is 4.79 Å². The summed E-state index contributed by atoms with van der Waals surface area (Å²) in [4.78, 5) is 15.0. The molecular formula is C7H9ClN2O2S. The number of carbonyl (C=O) groups excluding carboxylic acids is 1. The minimum atomic E-state index is -0.556. The number of nitrogens with zero attached hydrogens (tertiary/aromatic N) is 1. The van der Waals surface area contributed by atoms with E-state index in [-0.39, 0.29) is 12.5 Å². The summed E-state index contributed by atoms with van der Waals surface area (Å²) in [7, 11) is 0. The molecule has 1 rings (SSSR count). The summed E-state index contributed by atoms with van der Waals surface area (Å²) >= 11 is 6.71.